The predicted octanol–water partition coefficient (Wildman–Crippen LogP) is 5.85. The van der Waals surface area contributed by atoms with Crippen LogP contribution in [0.4, 0.5) is 5.69 Å². The Morgan fingerprint density at radius 3 is 2.35 bits per heavy atom. The van der Waals surface area contributed by atoms with Crippen molar-refractivity contribution in [3.63, 3.8) is 0 Å². The number of benzene rings is 2. The third-order valence-electron chi connectivity index (χ3n) is 3.43. The molecule has 0 saturated heterocycles. The van der Waals surface area contributed by atoms with Gasteiger partial charge in [-0.3, -0.25) is 0 Å². The van der Waals surface area contributed by atoms with Crippen LogP contribution in [0.25, 0.3) is 0 Å². The predicted molar refractivity (Wildman–Crippen MR) is 88.4 cm³/mol. The van der Waals surface area contributed by atoms with Gasteiger partial charge in [0, 0.05) is 10.7 Å². The van der Waals surface area contributed by atoms with Crippen LogP contribution >= 0.6 is 11.6 Å². The molecule has 106 valence electrons. The zero-order valence-corrected chi connectivity index (χ0v) is 13.1. The summed E-state index contributed by atoms with van der Waals surface area (Å²) in [5.41, 5.74) is 3.67. The van der Waals surface area contributed by atoms with Gasteiger partial charge in [-0.1, -0.05) is 55.8 Å². The Morgan fingerprint density at radius 1 is 1.05 bits per heavy atom. The number of anilines is 1. The highest BCUT2D eigenvalue weighted by Gasteiger charge is 2.14. The Labute approximate surface area is 127 Å². The van der Waals surface area contributed by atoms with E-state index in [0.29, 0.717) is 12.0 Å². The first-order chi connectivity index (χ1) is 9.56. The molecule has 0 saturated carbocycles. The molecule has 0 amide bonds. The maximum absolute atomic E-state index is 6.03. The van der Waals surface area contributed by atoms with E-state index in [1.165, 1.54) is 11.1 Å². The summed E-state index contributed by atoms with van der Waals surface area (Å²) in [6, 6.07) is 17.0. The normalized spacial score (nSPS) is 12.4. The third-order valence-corrected chi connectivity index (χ3v) is 3.66. The van der Waals surface area contributed by atoms with E-state index in [0.717, 1.165) is 17.1 Å². The molecule has 0 fully saturated rings. The Balaban J connectivity index is 2.24. The maximum atomic E-state index is 6.03. The lowest BCUT2D eigenvalue weighted by molar-refractivity contribution is 0.531. The first-order valence-corrected chi connectivity index (χ1v) is 7.51. The average molecular weight is 288 g/mol. The van der Waals surface area contributed by atoms with Crippen molar-refractivity contribution in [2.75, 3.05) is 5.32 Å². The fraction of sp³-hybridized carbons (Fsp3) is 0.333. The van der Waals surface area contributed by atoms with Crippen LogP contribution < -0.4 is 5.32 Å². The van der Waals surface area contributed by atoms with Gasteiger partial charge in [0.15, 0.2) is 0 Å². The van der Waals surface area contributed by atoms with Gasteiger partial charge >= 0.3 is 0 Å². The van der Waals surface area contributed by atoms with Crippen LogP contribution in [0.5, 0.6) is 0 Å². The third kappa shape index (κ3) is 4.01. The second-order valence-corrected chi connectivity index (χ2v) is 6.13. The van der Waals surface area contributed by atoms with Gasteiger partial charge < -0.3 is 5.32 Å². The molecule has 0 radical (unpaired) electrons. The average Bonchev–Trinajstić information content (AvgIpc) is 2.41. The maximum Gasteiger partial charge on any atom is 0.0516 e. The zero-order valence-electron chi connectivity index (χ0n) is 12.4. The van der Waals surface area contributed by atoms with Crippen LogP contribution in [0.15, 0.2) is 48.5 Å². The van der Waals surface area contributed by atoms with Gasteiger partial charge in [0.05, 0.1) is 6.04 Å². The highest BCUT2D eigenvalue weighted by Crippen LogP contribution is 2.28. The van der Waals surface area contributed by atoms with Gasteiger partial charge in [0.1, 0.15) is 0 Å². The van der Waals surface area contributed by atoms with Crippen LogP contribution in [-0.4, -0.2) is 0 Å². The van der Waals surface area contributed by atoms with Crippen LogP contribution in [-0.2, 0) is 0 Å². The van der Waals surface area contributed by atoms with Gasteiger partial charge in [0.2, 0.25) is 0 Å². The topological polar surface area (TPSA) is 12.0 Å². The lowest BCUT2D eigenvalue weighted by atomic mass is 9.96. The molecule has 2 aromatic rings. The van der Waals surface area contributed by atoms with E-state index >= 15 is 0 Å². The summed E-state index contributed by atoms with van der Waals surface area (Å²) in [5, 5.41) is 4.45. The second kappa shape index (κ2) is 6.81. The molecule has 1 unspecified atom stereocenters. The minimum atomic E-state index is 0.330. The molecule has 0 aromatic heterocycles. The Hall–Kier alpha value is -1.47. The molecule has 0 heterocycles. The van der Waals surface area contributed by atoms with Crippen LogP contribution in [0.3, 0.4) is 0 Å². The molecule has 0 spiro atoms. The van der Waals surface area contributed by atoms with E-state index in [1.54, 1.807) is 0 Å². The van der Waals surface area contributed by atoms with Crippen LogP contribution in [0.1, 0.15) is 37.4 Å². The van der Waals surface area contributed by atoms with Crippen molar-refractivity contribution in [3.05, 3.63) is 64.7 Å². The molecule has 2 aromatic carbocycles. The molecule has 2 rings (SSSR count). The summed E-state index contributed by atoms with van der Waals surface area (Å²) in [7, 11) is 0. The number of hydrogen-bond donors (Lipinski definition) is 1. The Kier molecular flexibility index (Phi) is 5.08. The molecule has 2 heteroatoms. The summed E-state index contributed by atoms with van der Waals surface area (Å²) >= 11 is 6.03. The second-order valence-electron chi connectivity index (χ2n) is 5.70. The lowest BCUT2D eigenvalue weighted by Gasteiger charge is -2.23. The van der Waals surface area contributed by atoms with E-state index in [1.807, 2.05) is 12.1 Å². The quantitative estimate of drug-likeness (QED) is 0.727. The molecule has 20 heavy (non-hydrogen) atoms. The fourth-order valence-corrected chi connectivity index (χ4v) is 2.64. The fourth-order valence-electron chi connectivity index (χ4n) is 2.41. The number of aryl methyl sites for hydroxylation is 1. The van der Waals surface area contributed by atoms with Crippen molar-refractivity contribution in [1.29, 1.82) is 0 Å². The SMILES string of the molecule is Cc1cc(Cl)ccc1NC(CC(C)C)c1ccccc1. The number of halogens is 1. The Morgan fingerprint density at radius 2 is 1.75 bits per heavy atom. The molecular formula is C18H22ClN. The molecule has 0 aliphatic carbocycles. The smallest absolute Gasteiger partial charge is 0.0516 e. The first kappa shape index (κ1) is 14.9. The summed E-state index contributed by atoms with van der Waals surface area (Å²) < 4.78 is 0. The highest BCUT2D eigenvalue weighted by atomic mass is 35.5. The summed E-state index contributed by atoms with van der Waals surface area (Å²) in [5.74, 6) is 0.639. The molecule has 1 nitrogen and oxygen atoms in total. The standard InChI is InChI=1S/C18H22ClN/c1-13(2)11-18(15-7-5-4-6-8-15)20-17-10-9-16(19)12-14(17)3/h4-10,12-13,18,20H,11H2,1-3H3. The van der Waals surface area contributed by atoms with Gasteiger partial charge in [-0.2, -0.15) is 0 Å². The first-order valence-electron chi connectivity index (χ1n) is 7.14. The van der Waals surface area contributed by atoms with E-state index < -0.39 is 0 Å². The number of nitrogens with one attached hydrogen (secondary N) is 1. The van der Waals surface area contributed by atoms with Crippen molar-refractivity contribution >= 4 is 17.3 Å². The molecule has 1 N–H and O–H groups in total. The van der Waals surface area contributed by atoms with Crippen molar-refractivity contribution in [2.45, 2.75) is 33.2 Å². The van der Waals surface area contributed by atoms with E-state index in [-0.39, 0.29) is 0 Å². The van der Waals surface area contributed by atoms with Crippen molar-refractivity contribution in [2.24, 2.45) is 5.92 Å². The number of hydrogen-bond acceptors (Lipinski definition) is 1. The van der Waals surface area contributed by atoms with Gasteiger partial charge in [-0.15, -0.1) is 0 Å². The highest BCUT2D eigenvalue weighted by molar-refractivity contribution is 6.30. The summed E-state index contributed by atoms with van der Waals surface area (Å²) in [6.45, 7) is 6.60. The van der Waals surface area contributed by atoms with Crippen LogP contribution in [0.2, 0.25) is 5.02 Å². The van der Waals surface area contributed by atoms with Crippen LogP contribution in [0, 0.1) is 12.8 Å². The monoisotopic (exact) mass is 287 g/mol. The molecule has 1 atom stereocenters. The van der Waals surface area contributed by atoms with E-state index in [2.05, 4.69) is 62.5 Å². The largest absolute Gasteiger partial charge is 0.378 e. The van der Waals surface area contributed by atoms with Gasteiger partial charge in [-0.05, 0) is 48.6 Å². The molecular weight excluding hydrogens is 266 g/mol. The molecule has 0 bridgehead atoms. The van der Waals surface area contributed by atoms with Gasteiger partial charge in [-0.25, -0.2) is 0 Å². The summed E-state index contributed by atoms with van der Waals surface area (Å²) in [4.78, 5) is 0. The van der Waals surface area contributed by atoms with E-state index in [4.69, 9.17) is 11.6 Å². The number of rotatable bonds is 5. The Bertz CT molecular complexity index is 549. The minimum Gasteiger partial charge on any atom is -0.378 e. The van der Waals surface area contributed by atoms with Crippen molar-refractivity contribution in [1.82, 2.24) is 0 Å². The molecule has 0 aliphatic rings. The lowest BCUT2D eigenvalue weighted by Crippen LogP contribution is -2.14. The van der Waals surface area contributed by atoms with Crippen molar-refractivity contribution in [3.8, 4) is 0 Å². The van der Waals surface area contributed by atoms with Gasteiger partial charge in [0.25, 0.3) is 0 Å². The molecule has 0 aliphatic heterocycles. The summed E-state index contributed by atoms with van der Waals surface area (Å²) in [6.07, 6.45) is 1.10. The minimum absolute atomic E-state index is 0.330. The van der Waals surface area contributed by atoms with E-state index in [9.17, 15) is 0 Å². The zero-order chi connectivity index (χ0) is 14.5. The van der Waals surface area contributed by atoms with Crippen molar-refractivity contribution < 1.29 is 0 Å².